The summed E-state index contributed by atoms with van der Waals surface area (Å²) in [6, 6.07) is 8.83. The first-order valence-corrected chi connectivity index (χ1v) is 9.13. The monoisotopic (exact) mass is 441 g/mol. The number of nitrogens with two attached hydrogens (primary N) is 1. The maximum Gasteiger partial charge on any atom is 0.189 e. The lowest BCUT2D eigenvalue weighted by Gasteiger charge is -2.24. The smallest absolute Gasteiger partial charge is 0.189 e. The molecule has 2 saturated carbocycles. The number of ether oxygens (including phenoxy) is 1. The molecule has 0 radical (unpaired) electrons. The molecule has 0 saturated heterocycles. The Morgan fingerprint density at radius 3 is 2.75 bits per heavy atom. The molecule has 5 heteroatoms. The maximum absolute atomic E-state index is 6.19. The van der Waals surface area contributed by atoms with Crippen molar-refractivity contribution in [2.75, 3.05) is 6.61 Å². The van der Waals surface area contributed by atoms with Crippen LogP contribution in [0.2, 0.25) is 0 Å². The number of halogens is 1. The van der Waals surface area contributed by atoms with Crippen LogP contribution in [-0.2, 0) is 0 Å². The third-order valence-electron chi connectivity index (χ3n) is 5.65. The van der Waals surface area contributed by atoms with Gasteiger partial charge in [-0.3, -0.25) is 0 Å². The summed E-state index contributed by atoms with van der Waals surface area (Å²) in [6.07, 6.45) is 9.24. The van der Waals surface area contributed by atoms with E-state index in [9.17, 15) is 0 Å². The second kappa shape index (κ2) is 7.93. The summed E-state index contributed by atoms with van der Waals surface area (Å²) in [5, 5.41) is 3.47. The highest BCUT2D eigenvalue weighted by Crippen LogP contribution is 2.44. The van der Waals surface area contributed by atoms with E-state index in [0.29, 0.717) is 18.6 Å². The number of guanidine groups is 1. The van der Waals surface area contributed by atoms with Crippen molar-refractivity contribution in [3.05, 3.63) is 29.8 Å². The number of hydrogen-bond acceptors (Lipinski definition) is 2. The molecule has 0 spiro atoms. The van der Waals surface area contributed by atoms with Crippen molar-refractivity contribution in [2.45, 2.75) is 57.0 Å². The second-order valence-corrected chi connectivity index (χ2v) is 7.25. The Morgan fingerprint density at radius 1 is 1.12 bits per heavy atom. The van der Waals surface area contributed by atoms with Gasteiger partial charge in [0.1, 0.15) is 5.75 Å². The average molecular weight is 441 g/mol. The van der Waals surface area contributed by atoms with Gasteiger partial charge in [-0.2, -0.15) is 0 Å². The molecule has 3 atom stereocenters. The van der Waals surface area contributed by atoms with Crippen LogP contribution in [0.3, 0.4) is 0 Å². The molecular weight excluding hydrogens is 413 g/mol. The largest absolute Gasteiger partial charge is 0.493 e. The normalized spacial score (nSPS) is 29.8. The van der Waals surface area contributed by atoms with Crippen LogP contribution >= 0.6 is 24.0 Å². The number of hydrogen-bond donors (Lipinski definition) is 2. The van der Waals surface area contributed by atoms with Crippen LogP contribution in [0, 0.1) is 11.8 Å². The van der Waals surface area contributed by atoms with E-state index in [0.717, 1.165) is 29.6 Å². The molecule has 0 bridgehead atoms. The molecule has 3 N–H and O–H groups in total. The van der Waals surface area contributed by atoms with Gasteiger partial charge in [0.15, 0.2) is 5.96 Å². The van der Waals surface area contributed by atoms with Gasteiger partial charge in [-0.05, 0) is 24.3 Å². The quantitative estimate of drug-likeness (QED) is 0.424. The van der Waals surface area contributed by atoms with Crippen molar-refractivity contribution >= 4 is 29.9 Å². The minimum atomic E-state index is 0. The van der Waals surface area contributed by atoms with E-state index in [2.05, 4.69) is 11.4 Å². The van der Waals surface area contributed by atoms with Crippen LogP contribution in [0.4, 0.5) is 0 Å². The highest BCUT2D eigenvalue weighted by molar-refractivity contribution is 14.0. The van der Waals surface area contributed by atoms with Crippen molar-refractivity contribution in [3.63, 3.8) is 0 Å². The molecule has 2 aliphatic carbocycles. The fourth-order valence-corrected chi connectivity index (χ4v) is 4.32. The number of rotatable bonds is 3. The molecule has 1 heterocycles. The molecule has 0 aromatic heterocycles. The zero-order chi connectivity index (χ0) is 15.6. The number of fused-ring (bicyclic) bond motifs is 1. The summed E-state index contributed by atoms with van der Waals surface area (Å²) in [5.41, 5.74) is 7.35. The minimum Gasteiger partial charge on any atom is -0.493 e. The Bertz CT molecular complexity index is 586. The molecular formula is C19H28IN3O. The van der Waals surface area contributed by atoms with Crippen LogP contribution in [0.1, 0.15) is 56.6 Å². The van der Waals surface area contributed by atoms with Gasteiger partial charge in [-0.25, -0.2) is 4.99 Å². The predicted molar refractivity (Wildman–Crippen MR) is 108 cm³/mol. The van der Waals surface area contributed by atoms with Gasteiger partial charge in [0.25, 0.3) is 0 Å². The van der Waals surface area contributed by atoms with Gasteiger partial charge in [0, 0.05) is 18.0 Å². The number of para-hydroxylation sites is 1. The second-order valence-electron chi connectivity index (χ2n) is 7.25. The molecule has 24 heavy (non-hydrogen) atoms. The first-order valence-electron chi connectivity index (χ1n) is 9.13. The topological polar surface area (TPSA) is 59.6 Å². The third kappa shape index (κ3) is 3.98. The van der Waals surface area contributed by atoms with Gasteiger partial charge in [-0.1, -0.05) is 50.3 Å². The molecule has 4 nitrogen and oxygen atoms in total. The number of aliphatic imine (C=N–C) groups is 1. The first kappa shape index (κ1) is 17.8. The van der Waals surface area contributed by atoms with Crippen molar-refractivity contribution in [1.29, 1.82) is 0 Å². The molecule has 132 valence electrons. The maximum atomic E-state index is 6.19. The molecule has 0 amide bonds. The van der Waals surface area contributed by atoms with Crippen LogP contribution in [0.25, 0.3) is 0 Å². The van der Waals surface area contributed by atoms with Crippen LogP contribution in [0.15, 0.2) is 29.3 Å². The minimum absolute atomic E-state index is 0. The number of nitrogens with zero attached hydrogens (tertiary/aromatic N) is 1. The Labute approximate surface area is 161 Å². The van der Waals surface area contributed by atoms with E-state index < -0.39 is 0 Å². The summed E-state index contributed by atoms with van der Waals surface area (Å²) in [4.78, 5) is 4.74. The molecule has 1 aliphatic heterocycles. The molecule has 1 aromatic rings. The van der Waals surface area contributed by atoms with E-state index in [-0.39, 0.29) is 30.0 Å². The summed E-state index contributed by atoms with van der Waals surface area (Å²) in [7, 11) is 0. The number of benzene rings is 1. The van der Waals surface area contributed by atoms with E-state index >= 15 is 0 Å². The van der Waals surface area contributed by atoms with E-state index in [1.807, 2.05) is 18.2 Å². The van der Waals surface area contributed by atoms with Gasteiger partial charge >= 0.3 is 0 Å². The zero-order valence-electron chi connectivity index (χ0n) is 14.1. The fraction of sp³-hybridized carbons (Fsp3) is 0.632. The van der Waals surface area contributed by atoms with Gasteiger partial charge in [-0.15, -0.1) is 24.0 Å². The lowest BCUT2D eigenvalue weighted by molar-refractivity contribution is 0.269. The summed E-state index contributed by atoms with van der Waals surface area (Å²) >= 11 is 0. The highest BCUT2D eigenvalue weighted by Gasteiger charge is 2.43. The summed E-state index contributed by atoms with van der Waals surface area (Å²) < 4.78 is 5.69. The van der Waals surface area contributed by atoms with Crippen LogP contribution in [-0.4, -0.2) is 18.6 Å². The molecule has 3 aliphatic rings. The van der Waals surface area contributed by atoms with Gasteiger partial charge in [0.05, 0.1) is 12.6 Å². The third-order valence-corrected chi connectivity index (χ3v) is 5.65. The Hall–Kier alpha value is -0.980. The van der Waals surface area contributed by atoms with Gasteiger partial charge in [0.2, 0.25) is 0 Å². The molecule has 1 aromatic carbocycles. The van der Waals surface area contributed by atoms with Crippen LogP contribution in [0.5, 0.6) is 5.75 Å². The number of nitrogens with one attached hydrogen (secondary N) is 1. The summed E-state index contributed by atoms with van der Waals surface area (Å²) in [5.74, 6) is 3.30. The van der Waals surface area contributed by atoms with Crippen molar-refractivity contribution in [2.24, 2.45) is 22.6 Å². The van der Waals surface area contributed by atoms with Crippen molar-refractivity contribution in [3.8, 4) is 5.75 Å². The molecule has 2 fully saturated rings. The van der Waals surface area contributed by atoms with E-state index in [1.54, 1.807) is 0 Å². The Balaban J connectivity index is 0.00000169. The Kier molecular flexibility index (Phi) is 5.89. The predicted octanol–water partition coefficient (Wildman–Crippen LogP) is 4.00. The van der Waals surface area contributed by atoms with Crippen molar-refractivity contribution in [1.82, 2.24) is 5.32 Å². The Morgan fingerprint density at radius 2 is 1.92 bits per heavy atom. The standard InChI is InChI=1S/C19H27N3O.HI/c20-19(22-17-12-15(17)13-6-2-1-3-7-13)21-16-10-11-23-18-9-5-4-8-14(16)18;/h4-5,8-9,13,15-17H,1-3,6-7,10-12H2,(H3,20,21,22);1H. The fourth-order valence-electron chi connectivity index (χ4n) is 4.32. The van der Waals surface area contributed by atoms with Crippen molar-refractivity contribution < 1.29 is 4.74 Å². The lowest BCUT2D eigenvalue weighted by atomic mass is 9.85. The van der Waals surface area contributed by atoms with Crippen LogP contribution < -0.4 is 15.8 Å². The first-order chi connectivity index (χ1) is 11.3. The summed E-state index contributed by atoms with van der Waals surface area (Å²) in [6.45, 7) is 0.715. The zero-order valence-corrected chi connectivity index (χ0v) is 16.4. The van der Waals surface area contributed by atoms with E-state index in [1.165, 1.54) is 38.5 Å². The van der Waals surface area contributed by atoms with E-state index in [4.69, 9.17) is 15.5 Å². The molecule has 3 unspecified atom stereocenters. The van der Waals surface area contributed by atoms with Gasteiger partial charge < -0.3 is 15.8 Å². The lowest BCUT2D eigenvalue weighted by Crippen LogP contribution is -2.35. The average Bonchev–Trinajstić information content (AvgIpc) is 3.35. The SMILES string of the molecule is I.NC(=NC1CCOc2ccccc21)NC1CC1C1CCCCC1. The highest BCUT2D eigenvalue weighted by atomic mass is 127. The molecule has 4 rings (SSSR count).